The predicted octanol–water partition coefficient (Wildman–Crippen LogP) is 1.87. The van der Waals surface area contributed by atoms with Gasteiger partial charge in [0.25, 0.3) is 11.4 Å². The Morgan fingerprint density at radius 3 is 2.31 bits per heavy atom. The van der Waals surface area contributed by atoms with Gasteiger partial charge in [-0.25, -0.2) is 0 Å². The van der Waals surface area contributed by atoms with E-state index >= 15 is 0 Å². The van der Waals surface area contributed by atoms with Crippen molar-refractivity contribution in [1.29, 1.82) is 0 Å². The number of ether oxygens (including phenoxy) is 1. The molecule has 7 nitrogen and oxygen atoms in total. The Balaban J connectivity index is 2.53. The van der Waals surface area contributed by atoms with Crippen LogP contribution in [-0.4, -0.2) is 16.5 Å². The van der Waals surface area contributed by atoms with E-state index in [1.807, 2.05) is 0 Å². The monoisotopic (exact) mass is 222 g/mol. The standard InChI is InChI=1S/C9H6N2O5/c12-10(13)6-1-2-7(9-3-4-16-9)8(5-6)11(14)15/h1-3,5H,4H2. The summed E-state index contributed by atoms with van der Waals surface area (Å²) in [6.07, 6.45) is 1.67. The summed E-state index contributed by atoms with van der Waals surface area (Å²) < 4.78 is 4.99. The average Bonchev–Trinajstić information content (AvgIpc) is 2.14. The van der Waals surface area contributed by atoms with E-state index in [9.17, 15) is 20.2 Å². The Morgan fingerprint density at radius 1 is 1.19 bits per heavy atom. The number of nitrogens with zero attached hydrogens (tertiary/aromatic N) is 2. The molecule has 1 heterocycles. The average molecular weight is 222 g/mol. The highest BCUT2D eigenvalue weighted by atomic mass is 16.6. The normalized spacial score (nSPS) is 13.4. The van der Waals surface area contributed by atoms with E-state index in [0.29, 0.717) is 12.4 Å². The van der Waals surface area contributed by atoms with Crippen LogP contribution in [0.4, 0.5) is 11.4 Å². The van der Waals surface area contributed by atoms with E-state index in [4.69, 9.17) is 4.74 Å². The Bertz CT molecular complexity index is 509. The molecule has 0 N–H and O–H groups in total. The molecule has 1 aliphatic heterocycles. The molecule has 0 amide bonds. The van der Waals surface area contributed by atoms with Crippen LogP contribution in [0.1, 0.15) is 5.56 Å². The lowest BCUT2D eigenvalue weighted by Crippen LogP contribution is -2.06. The van der Waals surface area contributed by atoms with Crippen LogP contribution in [0.15, 0.2) is 24.3 Å². The Labute approximate surface area is 89.3 Å². The third kappa shape index (κ3) is 1.58. The minimum atomic E-state index is -0.674. The maximum atomic E-state index is 10.7. The van der Waals surface area contributed by atoms with Crippen LogP contribution in [0.25, 0.3) is 5.76 Å². The highest BCUT2D eigenvalue weighted by molar-refractivity contribution is 5.72. The number of nitro benzene ring substituents is 2. The molecular weight excluding hydrogens is 216 g/mol. The van der Waals surface area contributed by atoms with Crippen molar-refractivity contribution in [2.24, 2.45) is 0 Å². The molecule has 7 heteroatoms. The van der Waals surface area contributed by atoms with E-state index in [1.54, 1.807) is 6.08 Å². The molecule has 82 valence electrons. The van der Waals surface area contributed by atoms with Crippen molar-refractivity contribution in [1.82, 2.24) is 0 Å². The van der Waals surface area contributed by atoms with E-state index < -0.39 is 9.85 Å². The van der Waals surface area contributed by atoms with Crippen LogP contribution in [0.5, 0.6) is 0 Å². The highest BCUT2D eigenvalue weighted by Crippen LogP contribution is 2.33. The summed E-state index contributed by atoms with van der Waals surface area (Å²) in [5, 5.41) is 21.2. The Morgan fingerprint density at radius 2 is 1.88 bits per heavy atom. The van der Waals surface area contributed by atoms with Gasteiger partial charge in [0.15, 0.2) is 0 Å². The van der Waals surface area contributed by atoms with Crippen molar-refractivity contribution in [3.05, 3.63) is 50.1 Å². The van der Waals surface area contributed by atoms with Gasteiger partial charge in [0.2, 0.25) is 0 Å². The van der Waals surface area contributed by atoms with Crippen molar-refractivity contribution in [3.63, 3.8) is 0 Å². The zero-order chi connectivity index (χ0) is 11.7. The highest BCUT2D eigenvalue weighted by Gasteiger charge is 2.24. The first-order valence-electron chi connectivity index (χ1n) is 4.36. The minimum absolute atomic E-state index is 0.266. The molecule has 0 spiro atoms. The van der Waals surface area contributed by atoms with Crippen molar-refractivity contribution in [2.45, 2.75) is 0 Å². The second-order valence-corrected chi connectivity index (χ2v) is 3.10. The van der Waals surface area contributed by atoms with Crippen molar-refractivity contribution < 1.29 is 14.6 Å². The SMILES string of the molecule is O=[N+]([O-])c1ccc(C2=CCO2)c([N+](=O)[O-])c1. The quantitative estimate of drug-likeness (QED) is 0.574. The molecule has 0 saturated carbocycles. The van der Waals surface area contributed by atoms with Gasteiger partial charge < -0.3 is 4.74 Å². The minimum Gasteiger partial charge on any atom is -0.489 e. The van der Waals surface area contributed by atoms with Crippen LogP contribution >= 0.6 is 0 Å². The lowest BCUT2D eigenvalue weighted by molar-refractivity contribution is -0.394. The lowest BCUT2D eigenvalue weighted by atomic mass is 10.1. The molecule has 16 heavy (non-hydrogen) atoms. The first-order valence-corrected chi connectivity index (χ1v) is 4.36. The maximum Gasteiger partial charge on any atom is 0.287 e. The van der Waals surface area contributed by atoms with Gasteiger partial charge in [0, 0.05) is 6.07 Å². The molecule has 0 aromatic heterocycles. The number of non-ortho nitro benzene ring substituents is 1. The van der Waals surface area contributed by atoms with E-state index in [0.717, 1.165) is 6.07 Å². The van der Waals surface area contributed by atoms with Gasteiger partial charge in [-0.05, 0) is 12.1 Å². The van der Waals surface area contributed by atoms with Gasteiger partial charge in [-0.2, -0.15) is 0 Å². The largest absolute Gasteiger partial charge is 0.489 e. The van der Waals surface area contributed by atoms with E-state index in [2.05, 4.69) is 0 Å². The van der Waals surface area contributed by atoms with Gasteiger partial charge in [-0.3, -0.25) is 20.2 Å². The van der Waals surface area contributed by atoms with E-state index in [1.165, 1.54) is 12.1 Å². The molecule has 0 fully saturated rings. The molecule has 1 aromatic carbocycles. The van der Waals surface area contributed by atoms with Gasteiger partial charge >= 0.3 is 0 Å². The van der Waals surface area contributed by atoms with Crippen molar-refractivity contribution >= 4 is 17.1 Å². The topological polar surface area (TPSA) is 95.5 Å². The van der Waals surface area contributed by atoms with Crippen molar-refractivity contribution in [3.8, 4) is 0 Å². The summed E-state index contributed by atoms with van der Waals surface area (Å²) in [7, 11) is 0. The first kappa shape index (κ1) is 10.1. The molecule has 0 unspecified atom stereocenters. The number of hydrogen-bond acceptors (Lipinski definition) is 5. The second kappa shape index (κ2) is 3.61. The summed E-state index contributed by atoms with van der Waals surface area (Å²) in [5.41, 5.74) is -0.364. The summed E-state index contributed by atoms with van der Waals surface area (Å²) in [5.74, 6) is 0.390. The molecular formula is C9H6N2O5. The van der Waals surface area contributed by atoms with Crippen molar-refractivity contribution in [2.75, 3.05) is 6.61 Å². The van der Waals surface area contributed by atoms with E-state index in [-0.39, 0.29) is 16.9 Å². The first-order chi connectivity index (χ1) is 7.59. The molecule has 0 atom stereocenters. The Kier molecular flexibility index (Phi) is 2.28. The van der Waals surface area contributed by atoms with Gasteiger partial charge in [-0.15, -0.1) is 0 Å². The smallest absolute Gasteiger partial charge is 0.287 e. The summed E-state index contributed by atoms with van der Waals surface area (Å²) in [6, 6.07) is 3.46. The van der Waals surface area contributed by atoms with Crippen LogP contribution in [0.2, 0.25) is 0 Å². The summed E-state index contributed by atoms with van der Waals surface area (Å²) >= 11 is 0. The van der Waals surface area contributed by atoms with Gasteiger partial charge in [0.05, 0.1) is 21.5 Å². The Hall–Kier alpha value is -2.44. The maximum absolute atomic E-state index is 10.7. The fourth-order valence-electron chi connectivity index (χ4n) is 1.35. The molecule has 0 bridgehead atoms. The third-order valence-corrected chi connectivity index (χ3v) is 2.16. The molecule has 2 rings (SSSR count). The zero-order valence-corrected chi connectivity index (χ0v) is 7.95. The number of rotatable bonds is 3. The predicted molar refractivity (Wildman–Crippen MR) is 53.7 cm³/mol. The summed E-state index contributed by atoms with van der Waals surface area (Å²) in [4.78, 5) is 19.9. The molecule has 0 aliphatic carbocycles. The molecule has 0 saturated heterocycles. The van der Waals surface area contributed by atoms with Crippen LogP contribution < -0.4 is 0 Å². The molecule has 0 radical (unpaired) electrons. The van der Waals surface area contributed by atoms with Crippen LogP contribution in [0, 0.1) is 20.2 Å². The molecule has 1 aliphatic rings. The zero-order valence-electron chi connectivity index (χ0n) is 7.95. The van der Waals surface area contributed by atoms with Gasteiger partial charge in [-0.1, -0.05) is 0 Å². The van der Waals surface area contributed by atoms with Gasteiger partial charge in [0.1, 0.15) is 12.4 Å². The summed E-state index contributed by atoms with van der Waals surface area (Å²) in [6.45, 7) is 0.406. The number of nitro groups is 2. The number of benzene rings is 1. The van der Waals surface area contributed by atoms with Crippen LogP contribution in [-0.2, 0) is 4.74 Å². The molecule has 1 aromatic rings. The second-order valence-electron chi connectivity index (χ2n) is 3.10. The fraction of sp³-hybridized carbons (Fsp3) is 0.111. The number of hydrogen-bond donors (Lipinski definition) is 0. The van der Waals surface area contributed by atoms with Crippen LogP contribution in [0.3, 0.4) is 0 Å². The fourth-order valence-corrected chi connectivity index (χ4v) is 1.35. The third-order valence-electron chi connectivity index (χ3n) is 2.16. The lowest BCUT2D eigenvalue weighted by Gasteiger charge is -2.16.